The van der Waals surface area contributed by atoms with E-state index in [1.165, 1.54) is 0 Å². The Morgan fingerprint density at radius 3 is 2.18 bits per heavy atom. The van der Waals surface area contributed by atoms with Gasteiger partial charge in [0.2, 0.25) is 0 Å². The quantitative estimate of drug-likeness (QED) is 0.670. The highest BCUT2D eigenvalue weighted by atomic mass is 19.1. The van der Waals surface area contributed by atoms with Crippen molar-refractivity contribution >= 4 is 5.97 Å². The number of alkyl halides is 1. The molecule has 2 nitrogen and oxygen atoms in total. The molecule has 64 valence electrons. The summed E-state index contributed by atoms with van der Waals surface area (Å²) in [4.78, 5) is 10.7. The van der Waals surface area contributed by atoms with E-state index in [1.54, 1.807) is 0 Å². The van der Waals surface area contributed by atoms with Crippen molar-refractivity contribution in [3.05, 3.63) is 0 Å². The van der Waals surface area contributed by atoms with E-state index in [0.29, 0.717) is 12.8 Å². The molecule has 0 aromatic rings. The van der Waals surface area contributed by atoms with Crippen molar-refractivity contribution in [2.45, 2.75) is 32.1 Å². The maximum atomic E-state index is 12.4. The van der Waals surface area contributed by atoms with Gasteiger partial charge in [-0.05, 0) is 12.8 Å². The van der Waals surface area contributed by atoms with Gasteiger partial charge in [0.15, 0.2) is 0 Å². The molecule has 11 heavy (non-hydrogen) atoms. The highest BCUT2D eigenvalue weighted by molar-refractivity contribution is 5.74. The van der Waals surface area contributed by atoms with Crippen LogP contribution in [0.3, 0.4) is 0 Å². The second-order valence-electron chi connectivity index (χ2n) is 3.28. The van der Waals surface area contributed by atoms with Gasteiger partial charge in [-0.3, -0.25) is 4.79 Å². The number of halogens is 1. The zero-order chi connectivity index (χ0) is 8.32. The van der Waals surface area contributed by atoms with Gasteiger partial charge in [0.05, 0.1) is 5.41 Å². The highest BCUT2D eigenvalue weighted by Gasteiger charge is 2.39. The summed E-state index contributed by atoms with van der Waals surface area (Å²) in [6, 6.07) is 0. The molecule has 0 saturated heterocycles. The predicted octanol–water partition coefficient (Wildman–Crippen LogP) is 1.99. The van der Waals surface area contributed by atoms with Crippen LogP contribution in [0.5, 0.6) is 0 Å². The average molecular weight is 160 g/mol. The molecule has 3 heteroatoms. The lowest BCUT2D eigenvalue weighted by Gasteiger charge is -2.29. The number of aliphatic carboxylic acids is 1. The molecule has 1 aliphatic carbocycles. The van der Waals surface area contributed by atoms with Gasteiger partial charge in [0.25, 0.3) is 0 Å². The second-order valence-corrected chi connectivity index (χ2v) is 3.28. The van der Waals surface area contributed by atoms with Crippen molar-refractivity contribution in [2.75, 3.05) is 6.67 Å². The summed E-state index contributed by atoms with van der Waals surface area (Å²) in [7, 11) is 0. The third-order valence-corrected chi connectivity index (χ3v) is 2.52. The summed E-state index contributed by atoms with van der Waals surface area (Å²) < 4.78 is 12.4. The summed E-state index contributed by atoms with van der Waals surface area (Å²) in [6.45, 7) is -0.706. The van der Waals surface area contributed by atoms with Crippen LogP contribution < -0.4 is 0 Å². The summed E-state index contributed by atoms with van der Waals surface area (Å²) >= 11 is 0. The number of hydrogen-bond acceptors (Lipinski definition) is 1. The first-order valence-corrected chi connectivity index (χ1v) is 4.01. The van der Waals surface area contributed by atoms with E-state index in [1.807, 2.05) is 0 Å². The van der Waals surface area contributed by atoms with Gasteiger partial charge in [-0.2, -0.15) is 0 Å². The lowest BCUT2D eigenvalue weighted by molar-refractivity contribution is -0.152. The normalized spacial score (nSPS) is 23.0. The van der Waals surface area contributed by atoms with Crippen molar-refractivity contribution in [2.24, 2.45) is 5.41 Å². The molecule has 0 unspecified atom stereocenters. The van der Waals surface area contributed by atoms with Crippen LogP contribution in [0.15, 0.2) is 0 Å². The molecule has 0 aromatic heterocycles. The minimum atomic E-state index is -1.03. The van der Waals surface area contributed by atoms with Crippen LogP contribution in [0, 0.1) is 5.41 Å². The topological polar surface area (TPSA) is 37.3 Å². The Morgan fingerprint density at radius 1 is 1.36 bits per heavy atom. The van der Waals surface area contributed by atoms with Gasteiger partial charge in [-0.1, -0.05) is 19.3 Å². The van der Waals surface area contributed by atoms with Gasteiger partial charge < -0.3 is 5.11 Å². The summed E-state index contributed by atoms with van der Waals surface area (Å²) in [5.41, 5.74) is -1.03. The summed E-state index contributed by atoms with van der Waals surface area (Å²) in [5.74, 6) is -0.959. The highest BCUT2D eigenvalue weighted by Crippen LogP contribution is 2.36. The van der Waals surface area contributed by atoms with Crippen LogP contribution in [-0.4, -0.2) is 17.8 Å². The van der Waals surface area contributed by atoms with Crippen molar-refractivity contribution < 1.29 is 14.3 Å². The second kappa shape index (κ2) is 3.20. The molecule has 0 spiro atoms. The van der Waals surface area contributed by atoms with E-state index in [-0.39, 0.29) is 0 Å². The zero-order valence-electron chi connectivity index (χ0n) is 6.48. The Bertz CT molecular complexity index is 150. The lowest BCUT2D eigenvalue weighted by Crippen LogP contribution is -2.35. The molecule has 0 aromatic carbocycles. The van der Waals surface area contributed by atoms with Gasteiger partial charge >= 0.3 is 5.97 Å². The van der Waals surface area contributed by atoms with Gasteiger partial charge in [-0.25, -0.2) is 4.39 Å². The Hall–Kier alpha value is -0.600. The maximum absolute atomic E-state index is 12.4. The van der Waals surface area contributed by atoms with Crippen molar-refractivity contribution in [3.63, 3.8) is 0 Å². The van der Waals surface area contributed by atoms with E-state index in [2.05, 4.69) is 0 Å². The molecule has 1 aliphatic rings. The maximum Gasteiger partial charge on any atom is 0.312 e. The molecule has 0 aliphatic heterocycles. The molecule has 1 saturated carbocycles. The van der Waals surface area contributed by atoms with Crippen molar-refractivity contribution in [1.82, 2.24) is 0 Å². The first kappa shape index (κ1) is 8.50. The number of hydrogen-bond donors (Lipinski definition) is 1. The molecule has 0 atom stereocenters. The minimum absolute atomic E-state index is 0.513. The van der Waals surface area contributed by atoms with Gasteiger partial charge in [0.1, 0.15) is 6.67 Å². The fourth-order valence-corrected chi connectivity index (χ4v) is 1.63. The largest absolute Gasteiger partial charge is 0.481 e. The molecule has 0 heterocycles. The van der Waals surface area contributed by atoms with E-state index in [9.17, 15) is 9.18 Å². The Balaban J connectivity index is 2.64. The predicted molar refractivity (Wildman–Crippen MR) is 39.1 cm³/mol. The molecular weight excluding hydrogens is 147 g/mol. The SMILES string of the molecule is O=C(O)C1(CF)CCCCC1. The number of carbonyl (C=O) groups is 1. The molecule has 0 bridgehead atoms. The van der Waals surface area contributed by atoms with Crippen LogP contribution in [0.25, 0.3) is 0 Å². The fourth-order valence-electron chi connectivity index (χ4n) is 1.63. The van der Waals surface area contributed by atoms with Crippen LogP contribution in [-0.2, 0) is 4.79 Å². The third kappa shape index (κ3) is 1.52. The molecule has 0 amide bonds. The molecule has 1 N–H and O–H groups in total. The average Bonchev–Trinajstić information content (AvgIpc) is 2.05. The minimum Gasteiger partial charge on any atom is -0.481 e. The van der Waals surface area contributed by atoms with E-state index in [0.717, 1.165) is 19.3 Å². The monoisotopic (exact) mass is 160 g/mol. The molecular formula is C8H13FO2. The van der Waals surface area contributed by atoms with Crippen LogP contribution >= 0.6 is 0 Å². The first-order chi connectivity index (χ1) is 5.21. The van der Waals surface area contributed by atoms with Crippen molar-refractivity contribution in [3.8, 4) is 0 Å². The lowest BCUT2D eigenvalue weighted by atomic mass is 9.75. The van der Waals surface area contributed by atoms with E-state index in [4.69, 9.17) is 5.11 Å². The summed E-state index contributed by atoms with van der Waals surface area (Å²) in [6.07, 6.45) is 3.79. The molecule has 0 radical (unpaired) electrons. The number of carboxylic acids is 1. The van der Waals surface area contributed by atoms with Crippen LogP contribution in [0.4, 0.5) is 4.39 Å². The first-order valence-electron chi connectivity index (χ1n) is 4.01. The molecule has 1 fully saturated rings. The standard InChI is InChI=1S/C8H13FO2/c9-6-8(7(10)11)4-2-1-3-5-8/h1-6H2,(H,10,11). The Kier molecular flexibility index (Phi) is 2.47. The molecule has 1 rings (SSSR count). The number of carboxylic acid groups (broad SMARTS) is 1. The summed E-state index contributed by atoms with van der Waals surface area (Å²) in [5, 5.41) is 8.75. The van der Waals surface area contributed by atoms with Gasteiger partial charge in [-0.15, -0.1) is 0 Å². The van der Waals surface area contributed by atoms with E-state index < -0.39 is 18.1 Å². The van der Waals surface area contributed by atoms with Gasteiger partial charge in [0, 0.05) is 0 Å². The van der Waals surface area contributed by atoms with Crippen LogP contribution in [0.1, 0.15) is 32.1 Å². The Labute approximate surface area is 65.4 Å². The fraction of sp³-hybridized carbons (Fsp3) is 0.875. The van der Waals surface area contributed by atoms with E-state index >= 15 is 0 Å². The number of rotatable bonds is 2. The zero-order valence-corrected chi connectivity index (χ0v) is 6.48. The van der Waals surface area contributed by atoms with Crippen molar-refractivity contribution in [1.29, 1.82) is 0 Å². The Morgan fingerprint density at radius 2 is 1.91 bits per heavy atom. The van der Waals surface area contributed by atoms with Crippen LogP contribution in [0.2, 0.25) is 0 Å². The smallest absolute Gasteiger partial charge is 0.312 e. The third-order valence-electron chi connectivity index (χ3n) is 2.52.